The third kappa shape index (κ3) is 8.14. The Labute approximate surface area is 297 Å². The van der Waals surface area contributed by atoms with Crippen LogP contribution in [0.3, 0.4) is 0 Å². The fraction of sp³-hybridized carbons (Fsp3) is 0.750. The average Bonchev–Trinajstić information content (AvgIpc) is 3.27. The van der Waals surface area contributed by atoms with E-state index in [0.717, 1.165) is 0 Å². The van der Waals surface area contributed by atoms with E-state index in [4.69, 9.17) is 40.7 Å². The molecule has 20 heteroatoms. The highest BCUT2D eigenvalue weighted by Crippen LogP contribution is 2.71. The summed E-state index contributed by atoms with van der Waals surface area (Å²) in [4.78, 5) is 66.3. The molecule has 294 valence electrons. The number of halogens is 1. The molecule has 0 aromatic carbocycles. The first-order chi connectivity index (χ1) is 24.3. The molecule has 0 aromatic rings. The Bertz CT molecular complexity index is 1400. The maximum Gasteiger partial charge on any atom is 0.306 e. The number of ketones is 2. The Morgan fingerprint density at radius 1 is 0.981 bits per heavy atom. The summed E-state index contributed by atoms with van der Waals surface area (Å²) in [7, 11) is 0. The second-order valence-corrected chi connectivity index (χ2v) is 14.3. The molecule has 0 aliphatic heterocycles. The van der Waals surface area contributed by atoms with Crippen LogP contribution in [0, 0.1) is 28.6 Å². The van der Waals surface area contributed by atoms with E-state index in [9.17, 15) is 24.3 Å². The minimum Gasteiger partial charge on any atom is -0.457 e. The van der Waals surface area contributed by atoms with E-state index in [-0.39, 0.29) is 63.8 Å². The van der Waals surface area contributed by atoms with Crippen molar-refractivity contribution in [2.24, 2.45) is 28.6 Å². The fourth-order valence-corrected chi connectivity index (χ4v) is 9.24. The molecule has 0 spiro atoms. The van der Waals surface area contributed by atoms with Crippen molar-refractivity contribution in [3.05, 3.63) is 23.8 Å². The molecule has 7 N–H and O–H groups in total. The van der Waals surface area contributed by atoms with E-state index in [2.05, 4.69) is 14.5 Å². The van der Waals surface area contributed by atoms with Crippen LogP contribution in [-0.4, -0.2) is 119 Å². The number of allylic oxidation sites excluding steroid dienone is 4. The van der Waals surface area contributed by atoms with Gasteiger partial charge in [0, 0.05) is 35.5 Å². The number of carbonyl (C=O) groups is 4. The predicted molar refractivity (Wildman–Crippen MR) is 164 cm³/mol. The third-order valence-electron chi connectivity index (χ3n) is 11.5. The van der Waals surface area contributed by atoms with E-state index in [1.54, 1.807) is 20.8 Å². The lowest BCUT2D eigenvalue weighted by molar-refractivity contribution is -0.527. The normalized spacial score (nSPS) is 34.5. The number of aliphatic hydroxyl groups is 1. The lowest BCUT2D eigenvalue weighted by Crippen LogP contribution is -2.70. The highest BCUT2D eigenvalue weighted by atomic mass is 19.1. The van der Waals surface area contributed by atoms with Crippen LogP contribution in [-0.2, 0) is 43.2 Å². The van der Waals surface area contributed by atoms with Crippen molar-refractivity contribution < 1.29 is 83.9 Å². The van der Waals surface area contributed by atoms with E-state index >= 15 is 4.39 Å². The lowest BCUT2D eigenvalue weighted by atomic mass is 9.44. The smallest absolute Gasteiger partial charge is 0.306 e. The van der Waals surface area contributed by atoms with Gasteiger partial charge in [0.15, 0.2) is 23.7 Å². The monoisotopic (exact) mass is 749 g/mol. The highest BCUT2D eigenvalue weighted by molar-refractivity contribution is 6.01. The molecule has 9 atom stereocenters. The number of nitrogens with zero attached hydrogens (tertiary/aromatic N) is 3. The second kappa shape index (κ2) is 16.7. The molecule has 0 saturated heterocycles. The summed E-state index contributed by atoms with van der Waals surface area (Å²) in [6, 6.07) is 0. The molecule has 4 aliphatic carbocycles. The van der Waals surface area contributed by atoms with Gasteiger partial charge in [0.05, 0.1) is 28.9 Å². The molecule has 3 unspecified atom stereocenters. The molecule has 3 saturated carbocycles. The number of Topliss-reactive ketones (excluding diaryl/α,β-unsaturated/α-hetero) is 1. The van der Waals surface area contributed by atoms with Crippen LogP contribution in [0.25, 0.3) is 0 Å². The second-order valence-electron chi connectivity index (χ2n) is 14.3. The van der Waals surface area contributed by atoms with Crippen LogP contribution in [0.1, 0.15) is 78.6 Å². The summed E-state index contributed by atoms with van der Waals surface area (Å²) in [6.07, 6.45) is 1.13. The Hall–Kier alpha value is -2.83. The largest absolute Gasteiger partial charge is 0.457 e. The number of carbonyl (C=O) groups excluding carboxylic acids is 4. The van der Waals surface area contributed by atoms with Gasteiger partial charge in [-0.1, -0.05) is 25.5 Å². The molecule has 0 bridgehead atoms. The van der Waals surface area contributed by atoms with Crippen LogP contribution < -0.4 is 0 Å². The van der Waals surface area contributed by atoms with Crippen molar-refractivity contribution in [2.45, 2.75) is 102 Å². The maximum absolute atomic E-state index is 17.7. The van der Waals surface area contributed by atoms with Crippen LogP contribution >= 0.6 is 0 Å². The summed E-state index contributed by atoms with van der Waals surface area (Å²) >= 11 is 0. The topological polar surface area (TPSA) is 266 Å². The summed E-state index contributed by atoms with van der Waals surface area (Å²) in [5.74, 6) is -4.94. The van der Waals surface area contributed by atoms with Crippen LogP contribution in [0.15, 0.2) is 23.8 Å². The van der Waals surface area contributed by atoms with Crippen molar-refractivity contribution in [3.8, 4) is 0 Å². The molecule has 0 heterocycles. The number of fused-ring (bicyclic) bond motifs is 5. The van der Waals surface area contributed by atoms with Crippen LogP contribution in [0.5, 0.6) is 0 Å². The van der Waals surface area contributed by atoms with Crippen molar-refractivity contribution in [2.75, 3.05) is 19.8 Å². The van der Waals surface area contributed by atoms with Gasteiger partial charge in [0.1, 0.15) is 12.7 Å². The van der Waals surface area contributed by atoms with Gasteiger partial charge in [-0.05, 0) is 69.9 Å². The molecule has 0 amide bonds. The van der Waals surface area contributed by atoms with Gasteiger partial charge >= 0.3 is 11.9 Å². The minimum absolute atomic E-state index is 0.00898. The van der Waals surface area contributed by atoms with E-state index < -0.39 is 99.2 Å². The van der Waals surface area contributed by atoms with Crippen molar-refractivity contribution in [1.29, 1.82) is 0 Å². The van der Waals surface area contributed by atoms with E-state index in [1.807, 2.05) is 0 Å². The summed E-state index contributed by atoms with van der Waals surface area (Å²) in [5, 5.41) is 63.0. The fourth-order valence-electron chi connectivity index (χ4n) is 9.24. The molecular formula is C32H48FN3O16. The first-order valence-electron chi connectivity index (χ1n) is 17.0. The van der Waals surface area contributed by atoms with Crippen LogP contribution in [0.4, 0.5) is 4.39 Å². The number of aliphatic hydroxyl groups excluding tert-OH is 1. The molecule has 3 fully saturated rings. The zero-order valence-electron chi connectivity index (χ0n) is 29.1. The van der Waals surface area contributed by atoms with Gasteiger partial charge in [0.25, 0.3) is 0 Å². The molecule has 52 heavy (non-hydrogen) atoms. The van der Waals surface area contributed by atoms with E-state index in [1.165, 1.54) is 18.2 Å². The highest BCUT2D eigenvalue weighted by Gasteiger charge is 2.77. The van der Waals surface area contributed by atoms with Gasteiger partial charge in [-0.15, -0.1) is 0 Å². The maximum atomic E-state index is 17.7. The number of hydrogen-bond donors (Lipinski definition) is 7. The number of alkyl halides is 1. The van der Waals surface area contributed by atoms with Crippen molar-refractivity contribution >= 4 is 23.5 Å². The Balaban J connectivity index is 1.56. The minimum atomic E-state index is -2.23. The van der Waals surface area contributed by atoms with Gasteiger partial charge in [0.2, 0.25) is 5.78 Å². The standard InChI is InChI=1S/C32H48FN3O16/c1-19-14-24-23-10-9-20-15-21(37)11-12-29(20,2)31(23,33)25(38)16-30(24,3)32(19,51-28(41)8-5-13-49-34(42)43)26(39)18-48-27(40)7-4-6-22(52-36(46)47)17-50-35(44)45/h11-12,15,19,22-25,38,42-47H,4-10,13-14,16-18H2,1-3H3/t19-,22?,23?,24?,25+,29+,30+,31+,32+/m1/s1. The number of rotatable bonds is 18. The SMILES string of the molecule is C[C@@H]1CC2C3CCC4=CC(=O)C=C[C@]4(C)[C@@]3(F)[C@@H](O)C[C@]2(C)[C@@]1(OC(=O)CCCON(O)O)C(=O)COC(=O)CCCC(CON(O)O)ON(O)O. The summed E-state index contributed by atoms with van der Waals surface area (Å²) in [6.45, 7) is 3.28. The molecule has 19 nitrogen and oxygen atoms in total. The number of esters is 2. The Kier molecular flexibility index (Phi) is 13.4. The average molecular weight is 750 g/mol. The van der Waals surface area contributed by atoms with Gasteiger partial charge in [-0.3, -0.25) is 55.3 Å². The molecule has 4 rings (SSSR count). The zero-order valence-corrected chi connectivity index (χ0v) is 29.1. The Morgan fingerprint density at radius 3 is 2.31 bits per heavy atom. The van der Waals surface area contributed by atoms with Crippen LogP contribution in [0.2, 0.25) is 0 Å². The lowest BCUT2D eigenvalue weighted by Gasteiger charge is -2.62. The molecular weight excluding hydrogens is 701 g/mol. The first kappa shape index (κ1) is 41.9. The molecule has 4 aliphatic rings. The quantitative estimate of drug-likeness (QED) is 0.0602. The van der Waals surface area contributed by atoms with Gasteiger partial charge in [-0.25, -0.2) is 14.1 Å². The van der Waals surface area contributed by atoms with E-state index in [0.29, 0.717) is 12.0 Å². The van der Waals surface area contributed by atoms with Gasteiger partial charge in [-0.2, -0.15) is 0 Å². The third-order valence-corrected chi connectivity index (χ3v) is 11.5. The molecule has 0 aromatic heterocycles. The number of ether oxygens (including phenoxy) is 2. The summed E-state index contributed by atoms with van der Waals surface area (Å²) in [5.41, 5.74) is -6.30. The van der Waals surface area contributed by atoms with Crippen molar-refractivity contribution in [3.63, 3.8) is 0 Å². The number of hydrogen-bond acceptors (Lipinski definition) is 19. The first-order valence-corrected chi connectivity index (χ1v) is 17.0. The van der Waals surface area contributed by atoms with Crippen molar-refractivity contribution in [1.82, 2.24) is 16.2 Å². The summed E-state index contributed by atoms with van der Waals surface area (Å²) < 4.78 is 29.1. The Morgan fingerprint density at radius 2 is 1.65 bits per heavy atom. The van der Waals surface area contributed by atoms with Gasteiger partial charge < -0.3 is 14.6 Å². The predicted octanol–water partition coefficient (Wildman–Crippen LogP) is 2.35. The zero-order chi connectivity index (χ0) is 38.6. The molecule has 0 radical (unpaired) electrons.